The van der Waals surface area contributed by atoms with Gasteiger partial charge in [-0.15, -0.1) is 0 Å². The first-order valence-corrected chi connectivity index (χ1v) is 7.09. The number of anilines is 1. The third kappa shape index (κ3) is 4.91. The number of carboxylic acid groups (broad SMARTS) is 1. The zero-order valence-corrected chi connectivity index (χ0v) is 11.8. The molecule has 1 saturated heterocycles. The van der Waals surface area contributed by atoms with E-state index in [9.17, 15) is 9.59 Å². The van der Waals surface area contributed by atoms with Crippen molar-refractivity contribution in [1.82, 2.24) is 9.88 Å². The van der Waals surface area contributed by atoms with Crippen molar-refractivity contribution in [3.05, 3.63) is 30.0 Å². The number of carboxylic acids is 1. The van der Waals surface area contributed by atoms with Gasteiger partial charge in [0, 0.05) is 19.2 Å². The molecule has 21 heavy (non-hydrogen) atoms. The summed E-state index contributed by atoms with van der Waals surface area (Å²) in [6.07, 6.45) is 6.80. The van der Waals surface area contributed by atoms with Crippen LogP contribution in [0.15, 0.2) is 24.3 Å². The minimum atomic E-state index is -1.03. The van der Waals surface area contributed by atoms with Gasteiger partial charge in [-0.25, -0.2) is 14.6 Å². The molecule has 2 amide bonds. The Morgan fingerprint density at radius 2 is 1.90 bits per heavy atom. The molecule has 0 saturated carbocycles. The van der Waals surface area contributed by atoms with E-state index in [1.807, 2.05) is 0 Å². The van der Waals surface area contributed by atoms with E-state index >= 15 is 0 Å². The van der Waals surface area contributed by atoms with E-state index in [-0.39, 0.29) is 6.03 Å². The Bertz CT molecular complexity index is 535. The number of amides is 2. The van der Waals surface area contributed by atoms with Gasteiger partial charge in [-0.3, -0.25) is 5.32 Å². The maximum absolute atomic E-state index is 12.2. The molecule has 0 radical (unpaired) electrons. The summed E-state index contributed by atoms with van der Waals surface area (Å²) in [6.45, 7) is 1.54. The topological polar surface area (TPSA) is 82.5 Å². The Labute approximate surface area is 123 Å². The maximum atomic E-state index is 12.2. The smallest absolute Gasteiger partial charge is 0.328 e. The molecule has 0 unspecified atom stereocenters. The van der Waals surface area contributed by atoms with E-state index in [2.05, 4.69) is 10.3 Å². The van der Waals surface area contributed by atoms with E-state index in [1.165, 1.54) is 6.08 Å². The van der Waals surface area contributed by atoms with Crippen LogP contribution in [0.3, 0.4) is 0 Å². The zero-order chi connectivity index (χ0) is 15.1. The highest BCUT2D eigenvalue weighted by molar-refractivity contribution is 5.88. The minimum absolute atomic E-state index is 0.149. The minimum Gasteiger partial charge on any atom is -0.478 e. The number of nitrogens with zero attached hydrogens (tertiary/aromatic N) is 2. The molecule has 6 nitrogen and oxygen atoms in total. The molecule has 1 aromatic rings. The summed E-state index contributed by atoms with van der Waals surface area (Å²) >= 11 is 0. The van der Waals surface area contributed by atoms with Gasteiger partial charge in [0.1, 0.15) is 5.82 Å². The summed E-state index contributed by atoms with van der Waals surface area (Å²) in [5.41, 5.74) is 0.492. The number of rotatable bonds is 3. The first kappa shape index (κ1) is 15.0. The van der Waals surface area contributed by atoms with Crippen molar-refractivity contribution in [3.8, 4) is 0 Å². The Morgan fingerprint density at radius 3 is 2.57 bits per heavy atom. The average Bonchev–Trinajstić information content (AvgIpc) is 2.74. The third-order valence-corrected chi connectivity index (χ3v) is 3.30. The van der Waals surface area contributed by atoms with Gasteiger partial charge in [-0.1, -0.05) is 18.9 Å². The predicted molar refractivity (Wildman–Crippen MR) is 80.0 cm³/mol. The van der Waals surface area contributed by atoms with Gasteiger partial charge in [0.2, 0.25) is 0 Å². The van der Waals surface area contributed by atoms with Gasteiger partial charge in [0.05, 0.1) is 5.69 Å². The number of carbonyl (C=O) groups is 2. The van der Waals surface area contributed by atoms with E-state index < -0.39 is 5.97 Å². The van der Waals surface area contributed by atoms with Crippen LogP contribution in [0.25, 0.3) is 6.08 Å². The summed E-state index contributed by atoms with van der Waals surface area (Å²) < 4.78 is 0. The first-order valence-electron chi connectivity index (χ1n) is 7.09. The fourth-order valence-electron chi connectivity index (χ4n) is 2.23. The van der Waals surface area contributed by atoms with Gasteiger partial charge >= 0.3 is 12.0 Å². The van der Waals surface area contributed by atoms with Gasteiger partial charge < -0.3 is 10.0 Å². The molecule has 112 valence electrons. The summed E-state index contributed by atoms with van der Waals surface area (Å²) in [7, 11) is 0. The van der Waals surface area contributed by atoms with E-state index in [0.717, 1.165) is 44.8 Å². The second-order valence-electron chi connectivity index (χ2n) is 4.95. The maximum Gasteiger partial charge on any atom is 0.328 e. The number of likely N-dealkylation sites (tertiary alicyclic amines) is 1. The number of hydrogen-bond donors (Lipinski definition) is 2. The van der Waals surface area contributed by atoms with E-state index in [1.54, 1.807) is 23.1 Å². The monoisotopic (exact) mass is 289 g/mol. The van der Waals surface area contributed by atoms with Crippen LogP contribution in [-0.4, -0.2) is 40.1 Å². The lowest BCUT2D eigenvalue weighted by Crippen LogP contribution is -2.35. The number of nitrogens with one attached hydrogen (secondary N) is 1. The summed E-state index contributed by atoms with van der Waals surface area (Å²) in [5, 5.41) is 11.4. The molecule has 1 aliphatic heterocycles. The number of urea groups is 1. The van der Waals surface area contributed by atoms with Crippen LogP contribution in [0.5, 0.6) is 0 Å². The van der Waals surface area contributed by atoms with Crippen LogP contribution in [0.2, 0.25) is 0 Å². The molecule has 1 aromatic heterocycles. The summed E-state index contributed by atoms with van der Waals surface area (Å²) in [5.74, 6) is -0.604. The van der Waals surface area contributed by atoms with Gasteiger partial charge in [0.25, 0.3) is 0 Å². The molecule has 6 heteroatoms. The quantitative estimate of drug-likeness (QED) is 0.838. The molecule has 2 N–H and O–H groups in total. The molecule has 0 aliphatic carbocycles. The fraction of sp³-hybridized carbons (Fsp3) is 0.400. The molecule has 0 atom stereocenters. The number of aromatic nitrogens is 1. The van der Waals surface area contributed by atoms with Gasteiger partial charge in [-0.05, 0) is 31.1 Å². The average molecular weight is 289 g/mol. The van der Waals surface area contributed by atoms with E-state index in [4.69, 9.17) is 5.11 Å². The molecule has 1 fully saturated rings. The number of carbonyl (C=O) groups excluding carboxylic acids is 1. The fourth-order valence-corrected chi connectivity index (χ4v) is 2.23. The molecule has 2 rings (SSSR count). The predicted octanol–water partition coefficient (Wildman–Crippen LogP) is 2.59. The highest BCUT2D eigenvalue weighted by Gasteiger charge is 2.15. The second-order valence-corrected chi connectivity index (χ2v) is 4.95. The van der Waals surface area contributed by atoms with Crippen LogP contribution in [0.1, 0.15) is 31.4 Å². The zero-order valence-electron chi connectivity index (χ0n) is 11.8. The highest BCUT2D eigenvalue weighted by Crippen LogP contribution is 2.12. The highest BCUT2D eigenvalue weighted by atomic mass is 16.4. The third-order valence-electron chi connectivity index (χ3n) is 3.30. The van der Waals surface area contributed by atoms with Gasteiger partial charge in [-0.2, -0.15) is 0 Å². The molecule has 0 aromatic carbocycles. The lowest BCUT2D eigenvalue weighted by atomic mass is 10.2. The normalized spacial score (nSPS) is 15.7. The Morgan fingerprint density at radius 1 is 1.19 bits per heavy atom. The standard InChI is InChI=1S/C15H19N3O3/c19-14(20)9-8-12-6-5-7-13(16-12)17-15(21)18-10-3-1-2-4-11-18/h5-9H,1-4,10-11H2,(H,19,20)(H,16,17,21). The van der Waals surface area contributed by atoms with E-state index in [0.29, 0.717) is 11.5 Å². The SMILES string of the molecule is O=C(O)C=Cc1cccc(NC(=O)N2CCCCCC2)n1. The van der Waals surface area contributed by atoms with Gasteiger partial charge in [0.15, 0.2) is 0 Å². The molecule has 0 spiro atoms. The summed E-state index contributed by atoms with van der Waals surface area (Å²) in [4.78, 5) is 28.6. The van der Waals surface area contributed by atoms with Crippen molar-refractivity contribution in [2.24, 2.45) is 0 Å². The Hall–Kier alpha value is -2.37. The number of pyridine rings is 1. The number of hydrogen-bond acceptors (Lipinski definition) is 3. The number of aliphatic carboxylic acids is 1. The van der Waals surface area contributed by atoms with Crippen LogP contribution >= 0.6 is 0 Å². The van der Waals surface area contributed by atoms with Crippen molar-refractivity contribution in [3.63, 3.8) is 0 Å². The Balaban J connectivity index is 1.99. The molecular formula is C15H19N3O3. The van der Waals surface area contributed by atoms with Crippen molar-refractivity contribution in [2.75, 3.05) is 18.4 Å². The van der Waals surface area contributed by atoms with Crippen molar-refractivity contribution in [1.29, 1.82) is 0 Å². The lowest BCUT2D eigenvalue weighted by Gasteiger charge is -2.20. The molecule has 0 bridgehead atoms. The van der Waals surface area contributed by atoms with Crippen molar-refractivity contribution < 1.29 is 14.7 Å². The second kappa shape index (κ2) is 7.42. The largest absolute Gasteiger partial charge is 0.478 e. The van der Waals surface area contributed by atoms with Crippen molar-refractivity contribution >= 4 is 23.9 Å². The van der Waals surface area contributed by atoms with Crippen LogP contribution < -0.4 is 5.32 Å². The molecular weight excluding hydrogens is 270 g/mol. The first-order chi connectivity index (χ1) is 10.1. The van der Waals surface area contributed by atoms with Crippen LogP contribution in [0.4, 0.5) is 10.6 Å². The Kier molecular flexibility index (Phi) is 5.31. The molecule has 1 aliphatic rings. The molecule has 2 heterocycles. The van der Waals surface area contributed by atoms with Crippen LogP contribution in [-0.2, 0) is 4.79 Å². The lowest BCUT2D eigenvalue weighted by molar-refractivity contribution is -0.131. The van der Waals surface area contributed by atoms with Crippen molar-refractivity contribution in [2.45, 2.75) is 25.7 Å². The summed E-state index contributed by atoms with van der Waals surface area (Å²) in [6, 6.07) is 4.95. The van der Waals surface area contributed by atoms with Crippen LogP contribution in [0, 0.1) is 0 Å².